The standard InChI is InChI=1S/C15H22BrNO/c1-15(9-3-2-4-10-15)17-11-12-18-14-7-5-13(16)6-8-14/h5-8,17H,2-4,9-12H2,1H3. The predicted octanol–water partition coefficient (Wildman–Crippen LogP) is 4.14. The van der Waals surface area contributed by atoms with E-state index in [0.717, 1.165) is 23.4 Å². The largest absolute Gasteiger partial charge is 0.492 e. The molecule has 1 aliphatic rings. The van der Waals surface area contributed by atoms with Crippen molar-refractivity contribution in [1.82, 2.24) is 5.32 Å². The van der Waals surface area contributed by atoms with E-state index in [9.17, 15) is 0 Å². The molecule has 100 valence electrons. The molecule has 0 aliphatic heterocycles. The Balaban J connectivity index is 1.67. The predicted molar refractivity (Wildman–Crippen MR) is 79.1 cm³/mol. The van der Waals surface area contributed by atoms with Crippen LogP contribution in [-0.4, -0.2) is 18.7 Å². The van der Waals surface area contributed by atoms with Crippen LogP contribution in [0.25, 0.3) is 0 Å². The summed E-state index contributed by atoms with van der Waals surface area (Å²) in [5.41, 5.74) is 0.335. The molecular weight excluding hydrogens is 290 g/mol. The Kier molecular flexibility index (Phi) is 5.07. The van der Waals surface area contributed by atoms with Gasteiger partial charge in [-0.15, -0.1) is 0 Å². The van der Waals surface area contributed by atoms with Crippen LogP contribution in [0.4, 0.5) is 0 Å². The van der Waals surface area contributed by atoms with Crippen molar-refractivity contribution < 1.29 is 4.74 Å². The van der Waals surface area contributed by atoms with Gasteiger partial charge in [-0.1, -0.05) is 35.2 Å². The highest BCUT2D eigenvalue weighted by atomic mass is 79.9. The van der Waals surface area contributed by atoms with Gasteiger partial charge in [0.2, 0.25) is 0 Å². The number of rotatable bonds is 5. The van der Waals surface area contributed by atoms with E-state index >= 15 is 0 Å². The first-order chi connectivity index (χ1) is 8.68. The minimum atomic E-state index is 0.335. The lowest BCUT2D eigenvalue weighted by Crippen LogP contribution is -2.45. The van der Waals surface area contributed by atoms with Crippen LogP contribution < -0.4 is 10.1 Å². The summed E-state index contributed by atoms with van der Waals surface area (Å²) in [5.74, 6) is 0.939. The minimum Gasteiger partial charge on any atom is -0.492 e. The average molecular weight is 312 g/mol. The number of nitrogens with one attached hydrogen (secondary N) is 1. The maximum Gasteiger partial charge on any atom is 0.119 e. The van der Waals surface area contributed by atoms with Gasteiger partial charge in [-0.3, -0.25) is 0 Å². The van der Waals surface area contributed by atoms with Gasteiger partial charge >= 0.3 is 0 Å². The molecule has 0 radical (unpaired) electrons. The van der Waals surface area contributed by atoms with E-state index in [4.69, 9.17) is 4.74 Å². The highest BCUT2D eigenvalue weighted by Gasteiger charge is 2.25. The molecule has 0 unspecified atom stereocenters. The topological polar surface area (TPSA) is 21.3 Å². The van der Waals surface area contributed by atoms with Gasteiger partial charge in [-0.2, -0.15) is 0 Å². The van der Waals surface area contributed by atoms with Gasteiger partial charge in [-0.25, -0.2) is 0 Å². The molecule has 2 rings (SSSR count). The van der Waals surface area contributed by atoms with Gasteiger partial charge in [0.25, 0.3) is 0 Å². The highest BCUT2D eigenvalue weighted by molar-refractivity contribution is 9.10. The number of benzene rings is 1. The number of hydrogen-bond acceptors (Lipinski definition) is 2. The zero-order valence-corrected chi connectivity index (χ0v) is 12.6. The monoisotopic (exact) mass is 311 g/mol. The Morgan fingerprint density at radius 3 is 2.50 bits per heavy atom. The lowest BCUT2D eigenvalue weighted by molar-refractivity contribution is 0.227. The first kappa shape index (κ1) is 13.9. The van der Waals surface area contributed by atoms with Crippen LogP contribution in [0.3, 0.4) is 0 Å². The van der Waals surface area contributed by atoms with Crippen molar-refractivity contribution in [3.8, 4) is 5.75 Å². The second-order valence-corrected chi connectivity index (χ2v) is 6.27. The summed E-state index contributed by atoms with van der Waals surface area (Å²) >= 11 is 3.42. The smallest absolute Gasteiger partial charge is 0.119 e. The van der Waals surface area contributed by atoms with Crippen LogP contribution >= 0.6 is 15.9 Å². The second-order valence-electron chi connectivity index (χ2n) is 5.35. The van der Waals surface area contributed by atoms with Gasteiger partial charge in [0, 0.05) is 16.6 Å². The fraction of sp³-hybridized carbons (Fsp3) is 0.600. The number of ether oxygens (including phenoxy) is 1. The third-order valence-electron chi connectivity index (χ3n) is 3.69. The molecule has 0 saturated heterocycles. The van der Waals surface area contributed by atoms with Gasteiger partial charge in [0.05, 0.1) is 0 Å². The van der Waals surface area contributed by atoms with Crippen molar-refractivity contribution in [2.75, 3.05) is 13.2 Å². The van der Waals surface area contributed by atoms with E-state index in [1.54, 1.807) is 0 Å². The molecular formula is C15H22BrNO. The fourth-order valence-corrected chi connectivity index (χ4v) is 2.83. The molecule has 0 aromatic heterocycles. The Hall–Kier alpha value is -0.540. The molecule has 1 aromatic rings. The number of halogens is 1. The minimum absolute atomic E-state index is 0.335. The van der Waals surface area contributed by atoms with E-state index in [0.29, 0.717) is 5.54 Å². The van der Waals surface area contributed by atoms with Crippen molar-refractivity contribution in [2.24, 2.45) is 0 Å². The molecule has 3 heteroatoms. The van der Waals surface area contributed by atoms with Crippen LogP contribution in [0.1, 0.15) is 39.0 Å². The molecule has 0 amide bonds. The summed E-state index contributed by atoms with van der Waals surface area (Å²) in [7, 11) is 0. The first-order valence-corrected chi connectivity index (χ1v) is 7.61. The van der Waals surface area contributed by atoms with Crippen molar-refractivity contribution >= 4 is 15.9 Å². The quantitative estimate of drug-likeness (QED) is 0.825. The van der Waals surface area contributed by atoms with E-state index in [-0.39, 0.29) is 0 Å². The van der Waals surface area contributed by atoms with Crippen molar-refractivity contribution in [3.63, 3.8) is 0 Å². The first-order valence-electron chi connectivity index (χ1n) is 6.81. The van der Waals surface area contributed by atoms with Crippen molar-refractivity contribution in [1.29, 1.82) is 0 Å². The lowest BCUT2D eigenvalue weighted by Gasteiger charge is -2.34. The summed E-state index contributed by atoms with van der Waals surface area (Å²) in [5, 5.41) is 3.65. The summed E-state index contributed by atoms with van der Waals surface area (Å²) in [6.45, 7) is 4.00. The third kappa shape index (κ3) is 4.29. The molecule has 0 bridgehead atoms. The Morgan fingerprint density at radius 2 is 1.83 bits per heavy atom. The van der Waals surface area contributed by atoms with E-state index in [1.165, 1.54) is 32.1 Å². The van der Waals surface area contributed by atoms with Crippen LogP contribution in [0.15, 0.2) is 28.7 Å². The van der Waals surface area contributed by atoms with Gasteiger partial charge in [-0.05, 0) is 44.0 Å². The molecule has 0 atom stereocenters. The van der Waals surface area contributed by atoms with Gasteiger partial charge < -0.3 is 10.1 Å². The van der Waals surface area contributed by atoms with Crippen LogP contribution in [0.2, 0.25) is 0 Å². The van der Waals surface area contributed by atoms with E-state index < -0.39 is 0 Å². The van der Waals surface area contributed by atoms with Crippen LogP contribution in [-0.2, 0) is 0 Å². The molecule has 1 aromatic carbocycles. The molecule has 0 heterocycles. The van der Waals surface area contributed by atoms with Gasteiger partial charge in [0.1, 0.15) is 12.4 Å². The molecule has 18 heavy (non-hydrogen) atoms. The molecule has 2 nitrogen and oxygen atoms in total. The molecule has 1 fully saturated rings. The van der Waals surface area contributed by atoms with E-state index in [1.807, 2.05) is 24.3 Å². The molecule has 1 N–H and O–H groups in total. The summed E-state index contributed by atoms with van der Waals surface area (Å²) in [6.07, 6.45) is 6.71. The van der Waals surface area contributed by atoms with E-state index in [2.05, 4.69) is 28.2 Å². The Morgan fingerprint density at radius 1 is 1.17 bits per heavy atom. The second kappa shape index (κ2) is 6.58. The average Bonchev–Trinajstić information content (AvgIpc) is 2.38. The molecule has 1 saturated carbocycles. The maximum absolute atomic E-state index is 5.71. The van der Waals surface area contributed by atoms with Crippen molar-refractivity contribution in [3.05, 3.63) is 28.7 Å². The van der Waals surface area contributed by atoms with Crippen molar-refractivity contribution in [2.45, 2.75) is 44.6 Å². The number of hydrogen-bond donors (Lipinski definition) is 1. The zero-order valence-electron chi connectivity index (χ0n) is 11.0. The Bertz CT molecular complexity index is 357. The Labute approximate surface area is 118 Å². The van der Waals surface area contributed by atoms with Crippen LogP contribution in [0.5, 0.6) is 5.75 Å². The molecule has 0 spiro atoms. The lowest BCUT2D eigenvalue weighted by atomic mass is 9.83. The summed E-state index contributed by atoms with van der Waals surface area (Å²) in [6, 6.07) is 8.00. The molecule has 1 aliphatic carbocycles. The fourth-order valence-electron chi connectivity index (χ4n) is 2.56. The maximum atomic E-state index is 5.71. The van der Waals surface area contributed by atoms with Gasteiger partial charge in [0.15, 0.2) is 0 Å². The third-order valence-corrected chi connectivity index (χ3v) is 4.22. The SMILES string of the molecule is CC1(NCCOc2ccc(Br)cc2)CCCCC1. The summed E-state index contributed by atoms with van der Waals surface area (Å²) < 4.78 is 6.80. The zero-order chi connectivity index (χ0) is 12.8. The summed E-state index contributed by atoms with van der Waals surface area (Å²) in [4.78, 5) is 0. The normalized spacial score (nSPS) is 18.6. The van der Waals surface area contributed by atoms with Crippen LogP contribution in [0, 0.1) is 0 Å². The highest BCUT2D eigenvalue weighted by Crippen LogP contribution is 2.27.